The predicted octanol–water partition coefficient (Wildman–Crippen LogP) is 2.04. The van der Waals surface area contributed by atoms with Crippen LogP contribution in [0, 0.1) is 0 Å². The summed E-state index contributed by atoms with van der Waals surface area (Å²) in [5, 5.41) is 3.36. The third kappa shape index (κ3) is 3.87. The first kappa shape index (κ1) is 15.1. The quantitative estimate of drug-likeness (QED) is 0.427. The number of methoxy groups -OCH3 is 2. The third-order valence-electron chi connectivity index (χ3n) is 2.77. The van der Waals surface area contributed by atoms with Crippen molar-refractivity contribution in [2.24, 2.45) is 5.84 Å². The van der Waals surface area contributed by atoms with E-state index in [1.54, 1.807) is 14.2 Å². The fourth-order valence-electron chi connectivity index (χ4n) is 1.74. The van der Waals surface area contributed by atoms with E-state index in [0.717, 1.165) is 11.3 Å². The number of anilines is 2. The van der Waals surface area contributed by atoms with Crippen molar-refractivity contribution in [3.8, 4) is 11.5 Å². The molecule has 0 saturated heterocycles. The van der Waals surface area contributed by atoms with Crippen molar-refractivity contribution < 1.29 is 9.47 Å². The first-order valence-electron chi connectivity index (χ1n) is 6.12. The lowest BCUT2D eigenvalue weighted by Crippen LogP contribution is -2.11. The summed E-state index contributed by atoms with van der Waals surface area (Å²) in [6.07, 6.45) is 0. The molecule has 0 bridgehead atoms. The second-order valence-electron chi connectivity index (χ2n) is 4.08. The van der Waals surface area contributed by atoms with Crippen LogP contribution in [0.4, 0.5) is 11.8 Å². The number of nitrogens with one attached hydrogen (secondary N) is 2. The lowest BCUT2D eigenvalue weighted by atomic mass is 10.2. The highest BCUT2D eigenvalue weighted by molar-refractivity contribution is 6.29. The van der Waals surface area contributed by atoms with Crippen LogP contribution in [-0.4, -0.2) is 24.2 Å². The highest BCUT2D eigenvalue weighted by Gasteiger charge is 2.07. The number of hydrogen-bond acceptors (Lipinski definition) is 7. The molecular weight excluding hydrogens is 294 g/mol. The number of ether oxygens (including phenoxy) is 2. The number of aromatic nitrogens is 2. The van der Waals surface area contributed by atoms with E-state index in [9.17, 15) is 0 Å². The van der Waals surface area contributed by atoms with Gasteiger partial charge in [0.25, 0.3) is 0 Å². The number of rotatable bonds is 6. The Hall–Kier alpha value is -2.25. The fourth-order valence-corrected chi connectivity index (χ4v) is 1.93. The summed E-state index contributed by atoms with van der Waals surface area (Å²) < 4.78 is 10.5. The number of nitrogens with two attached hydrogens (primary N) is 1. The monoisotopic (exact) mass is 309 g/mol. The van der Waals surface area contributed by atoms with Crippen molar-refractivity contribution in [3.05, 3.63) is 35.0 Å². The molecule has 0 amide bonds. The maximum atomic E-state index is 5.88. The Bertz CT molecular complexity index is 624. The maximum absolute atomic E-state index is 5.88. The lowest BCUT2D eigenvalue weighted by molar-refractivity contribution is 0.391. The van der Waals surface area contributed by atoms with Crippen LogP contribution in [0.15, 0.2) is 24.3 Å². The second-order valence-corrected chi connectivity index (χ2v) is 4.46. The smallest absolute Gasteiger partial charge is 0.226 e. The minimum Gasteiger partial charge on any atom is -0.497 e. The molecule has 0 saturated carbocycles. The van der Waals surface area contributed by atoms with E-state index >= 15 is 0 Å². The van der Waals surface area contributed by atoms with E-state index < -0.39 is 0 Å². The number of benzene rings is 1. The van der Waals surface area contributed by atoms with Crippen molar-refractivity contribution in [2.75, 3.05) is 25.0 Å². The summed E-state index contributed by atoms with van der Waals surface area (Å²) in [7, 11) is 3.21. The summed E-state index contributed by atoms with van der Waals surface area (Å²) in [4.78, 5) is 8.22. The van der Waals surface area contributed by atoms with Gasteiger partial charge in [-0.05, 0) is 12.1 Å². The van der Waals surface area contributed by atoms with Gasteiger partial charge in [0.15, 0.2) is 0 Å². The molecule has 7 nitrogen and oxygen atoms in total. The largest absolute Gasteiger partial charge is 0.497 e. The standard InChI is InChI=1S/C13H16ClN5O2/c1-20-9-4-3-8(10(5-9)21-2)7-16-13-17-11(14)6-12(18-13)19-15/h3-6H,7,15H2,1-2H3,(H2,16,17,18,19). The van der Waals surface area contributed by atoms with Crippen molar-refractivity contribution >= 4 is 23.4 Å². The van der Waals surface area contributed by atoms with E-state index in [2.05, 4.69) is 20.7 Å². The van der Waals surface area contributed by atoms with Gasteiger partial charge < -0.3 is 20.2 Å². The maximum Gasteiger partial charge on any atom is 0.226 e. The molecule has 0 spiro atoms. The van der Waals surface area contributed by atoms with Crippen LogP contribution in [0.25, 0.3) is 0 Å². The van der Waals surface area contributed by atoms with E-state index in [4.69, 9.17) is 26.9 Å². The molecule has 0 radical (unpaired) electrons. The molecule has 112 valence electrons. The summed E-state index contributed by atoms with van der Waals surface area (Å²) in [5.74, 6) is 7.55. The van der Waals surface area contributed by atoms with Crippen LogP contribution < -0.4 is 26.1 Å². The highest BCUT2D eigenvalue weighted by Crippen LogP contribution is 2.25. The predicted molar refractivity (Wildman–Crippen MR) is 81.7 cm³/mol. The molecule has 8 heteroatoms. The van der Waals surface area contributed by atoms with E-state index in [1.807, 2.05) is 18.2 Å². The van der Waals surface area contributed by atoms with Crippen molar-refractivity contribution in [2.45, 2.75) is 6.54 Å². The Kier molecular flexibility index (Phi) is 5.02. The van der Waals surface area contributed by atoms with Crippen molar-refractivity contribution in [1.82, 2.24) is 9.97 Å². The molecule has 0 aliphatic heterocycles. The number of halogens is 1. The SMILES string of the molecule is COc1ccc(CNc2nc(Cl)cc(NN)n2)c(OC)c1. The summed E-state index contributed by atoms with van der Waals surface area (Å²) in [6, 6.07) is 7.09. The highest BCUT2D eigenvalue weighted by atomic mass is 35.5. The molecule has 4 N–H and O–H groups in total. The van der Waals surface area contributed by atoms with Crippen LogP contribution >= 0.6 is 11.6 Å². The molecule has 0 aliphatic carbocycles. The average molecular weight is 310 g/mol. The number of nitrogens with zero attached hydrogens (tertiary/aromatic N) is 2. The van der Waals surface area contributed by atoms with E-state index in [-0.39, 0.29) is 0 Å². The minimum absolute atomic E-state index is 0.294. The average Bonchev–Trinajstić information content (AvgIpc) is 2.52. The number of hydrazine groups is 1. The summed E-state index contributed by atoms with van der Waals surface area (Å²) in [5.41, 5.74) is 3.36. The van der Waals surface area contributed by atoms with Gasteiger partial charge in [-0.3, -0.25) is 0 Å². The van der Waals surface area contributed by atoms with Gasteiger partial charge in [-0.15, -0.1) is 0 Å². The molecule has 0 unspecified atom stereocenters. The van der Waals surface area contributed by atoms with Gasteiger partial charge in [0, 0.05) is 24.2 Å². The first-order chi connectivity index (χ1) is 10.2. The Morgan fingerprint density at radius 2 is 2.00 bits per heavy atom. The number of hydrogen-bond donors (Lipinski definition) is 3. The van der Waals surface area contributed by atoms with Gasteiger partial charge >= 0.3 is 0 Å². The van der Waals surface area contributed by atoms with Crippen molar-refractivity contribution in [1.29, 1.82) is 0 Å². The van der Waals surface area contributed by atoms with Gasteiger partial charge in [-0.2, -0.15) is 4.98 Å². The van der Waals surface area contributed by atoms with Crippen LogP contribution in [0.1, 0.15) is 5.56 Å². The number of nitrogen functional groups attached to an aromatic ring is 1. The van der Waals surface area contributed by atoms with Crippen LogP contribution in [0.3, 0.4) is 0 Å². The molecule has 0 fully saturated rings. The third-order valence-corrected chi connectivity index (χ3v) is 2.97. The Labute approximate surface area is 127 Å². The molecule has 1 aromatic carbocycles. The topological polar surface area (TPSA) is 94.3 Å². The minimum atomic E-state index is 0.294. The van der Waals surface area contributed by atoms with E-state index in [1.165, 1.54) is 6.07 Å². The van der Waals surface area contributed by atoms with Crippen LogP contribution in [0.2, 0.25) is 5.15 Å². The molecule has 1 heterocycles. The Morgan fingerprint density at radius 1 is 1.19 bits per heavy atom. The van der Waals surface area contributed by atoms with Gasteiger partial charge in [-0.25, -0.2) is 10.8 Å². The molecule has 21 heavy (non-hydrogen) atoms. The van der Waals surface area contributed by atoms with Crippen LogP contribution in [0.5, 0.6) is 11.5 Å². The lowest BCUT2D eigenvalue weighted by Gasteiger charge is -2.11. The zero-order chi connectivity index (χ0) is 15.2. The van der Waals surface area contributed by atoms with Gasteiger partial charge in [0.1, 0.15) is 22.5 Å². The molecule has 0 aliphatic rings. The van der Waals surface area contributed by atoms with Crippen LogP contribution in [-0.2, 0) is 6.54 Å². The summed E-state index contributed by atoms with van der Waals surface area (Å²) >= 11 is 5.88. The van der Waals surface area contributed by atoms with Gasteiger partial charge in [-0.1, -0.05) is 11.6 Å². The van der Waals surface area contributed by atoms with Gasteiger partial charge in [0.05, 0.1) is 14.2 Å². The molecule has 2 rings (SSSR count). The van der Waals surface area contributed by atoms with Gasteiger partial charge in [0.2, 0.25) is 5.95 Å². The second kappa shape index (κ2) is 6.96. The zero-order valence-electron chi connectivity index (χ0n) is 11.7. The molecule has 2 aromatic rings. The van der Waals surface area contributed by atoms with Crippen molar-refractivity contribution in [3.63, 3.8) is 0 Å². The summed E-state index contributed by atoms with van der Waals surface area (Å²) in [6.45, 7) is 0.470. The molecule has 0 atom stereocenters. The van der Waals surface area contributed by atoms with E-state index in [0.29, 0.717) is 29.2 Å². The molecule has 1 aromatic heterocycles. The Morgan fingerprint density at radius 3 is 2.67 bits per heavy atom. The molecular formula is C13H16ClN5O2. The normalized spacial score (nSPS) is 10.1. The Balaban J connectivity index is 2.14. The first-order valence-corrected chi connectivity index (χ1v) is 6.50. The zero-order valence-corrected chi connectivity index (χ0v) is 12.4. The fraction of sp³-hybridized carbons (Fsp3) is 0.231.